The van der Waals surface area contributed by atoms with Crippen LogP contribution in [0.2, 0.25) is 0 Å². The van der Waals surface area contributed by atoms with Crippen LogP contribution in [-0.2, 0) is 4.79 Å². The van der Waals surface area contributed by atoms with Gasteiger partial charge in [-0.1, -0.05) is 6.07 Å². The molecular formula is C13H15F2N3O3. The summed E-state index contributed by atoms with van der Waals surface area (Å²) >= 11 is 0. The highest BCUT2D eigenvalue weighted by atomic mass is 19.3. The number of benzene rings is 1. The van der Waals surface area contributed by atoms with Crippen molar-refractivity contribution in [3.8, 4) is 5.75 Å². The lowest BCUT2D eigenvalue weighted by atomic mass is 10.2. The zero-order valence-corrected chi connectivity index (χ0v) is 11.3. The van der Waals surface area contributed by atoms with Gasteiger partial charge in [0.2, 0.25) is 5.91 Å². The van der Waals surface area contributed by atoms with Gasteiger partial charge in [-0.3, -0.25) is 9.69 Å². The van der Waals surface area contributed by atoms with Crippen LogP contribution >= 0.6 is 0 Å². The molecule has 1 fully saturated rings. The van der Waals surface area contributed by atoms with Gasteiger partial charge in [0, 0.05) is 11.8 Å². The summed E-state index contributed by atoms with van der Waals surface area (Å²) in [6, 6.07) is 5.47. The number of urea groups is 1. The fourth-order valence-electron chi connectivity index (χ4n) is 1.99. The van der Waals surface area contributed by atoms with Crippen molar-refractivity contribution in [2.45, 2.75) is 12.5 Å². The van der Waals surface area contributed by atoms with Gasteiger partial charge in [-0.05, 0) is 12.1 Å². The van der Waals surface area contributed by atoms with E-state index in [-0.39, 0.29) is 6.54 Å². The highest BCUT2D eigenvalue weighted by molar-refractivity contribution is 6.00. The van der Waals surface area contributed by atoms with E-state index in [4.69, 9.17) is 4.74 Å². The van der Waals surface area contributed by atoms with Crippen LogP contribution in [0, 0.1) is 0 Å². The van der Waals surface area contributed by atoms with E-state index in [2.05, 4.69) is 10.6 Å². The van der Waals surface area contributed by atoms with Gasteiger partial charge in [-0.15, -0.1) is 0 Å². The molecule has 2 N–H and O–H groups in total. The number of halogens is 2. The van der Waals surface area contributed by atoms with E-state index >= 15 is 0 Å². The Kier molecular flexibility index (Phi) is 4.56. The molecule has 3 amide bonds. The first kappa shape index (κ1) is 15.0. The number of alkyl halides is 2. The normalized spacial score (nSPS) is 17.8. The topological polar surface area (TPSA) is 70.7 Å². The molecule has 1 atom stereocenters. The van der Waals surface area contributed by atoms with E-state index in [9.17, 15) is 18.4 Å². The Morgan fingerprint density at radius 2 is 2.33 bits per heavy atom. The van der Waals surface area contributed by atoms with Crippen LogP contribution in [0.1, 0.15) is 0 Å². The predicted molar refractivity (Wildman–Crippen MR) is 71.7 cm³/mol. The van der Waals surface area contributed by atoms with Gasteiger partial charge in [0.15, 0.2) is 0 Å². The summed E-state index contributed by atoms with van der Waals surface area (Å²) in [5.74, 6) is -0.0556. The summed E-state index contributed by atoms with van der Waals surface area (Å²) in [5.41, 5.74) is 0.566. The minimum absolute atomic E-state index is 0.0705. The van der Waals surface area contributed by atoms with Crippen LogP contribution in [0.25, 0.3) is 0 Å². The predicted octanol–water partition coefficient (Wildman–Crippen LogP) is 0.975. The summed E-state index contributed by atoms with van der Waals surface area (Å²) in [6.45, 7) is -0.661. The second-order valence-electron chi connectivity index (χ2n) is 4.45. The highest BCUT2D eigenvalue weighted by Crippen LogP contribution is 2.23. The van der Waals surface area contributed by atoms with Crippen LogP contribution in [0.3, 0.4) is 0 Å². The van der Waals surface area contributed by atoms with Crippen molar-refractivity contribution in [2.75, 3.05) is 25.1 Å². The second-order valence-corrected chi connectivity index (χ2v) is 4.45. The molecule has 0 radical (unpaired) electrons. The van der Waals surface area contributed by atoms with E-state index in [1.807, 2.05) is 0 Å². The van der Waals surface area contributed by atoms with Gasteiger partial charge in [0.25, 0.3) is 6.43 Å². The van der Waals surface area contributed by atoms with Crippen LogP contribution in [0.5, 0.6) is 5.75 Å². The van der Waals surface area contributed by atoms with Crippen molar-refractivity contribution in [1.82, 2.24) is 10.6 Å². The van der Waals surface area contributed by atoms with E-state index < -0.39 is 31.0 Å². The number of amides is 3. The third-order valence-corrected chi connectivity index (χ3v) is 3.02. The third kappa shape index (κ3) is 3.59. The van der Waals surface area contributed by atoms with Crippen molar-refractivity contribution in [3.63, 3.8) is 0 Å². The molecule has 1 saturated heterocycles. The molecule has 114 valence electrons. The zero-order valence-electron chi connectivity index (χ0n) is 11.3. The number of nitrogens with zero attached hydrogens (tertiary/aromatic N) is 1. The van der Waals surface area contributed by atoms with Crippen LogP contribution in [-0.4, -0.2) is 44.6 Å². The summed E-state index contributed by atoms with van der Waals surface area (Å²) in [5, 5.41) is 4.54. The number of hydrogen-bond acceptors (Lipinski definition) is 3. The van der Waals surface area contributed by atoms with Gasteiger partial charge in [-0.25, -0.2) is 13.6 Å². The first-order chi connectivity index (χ1) is 10.0. The first-order valence-electron chi connectivity index (χ1n) is 6.29. The lowest BCUT2D eigenvalue weighted by Gasteiger charge is -2.15. The smallest absolute Gasteiger partial charge is 0.322 e. The van der Waals surface area contributed by atoms with E-state index in [1.54, 1.807) is 24.3 Å². The highest BCUT2D eigenvalue weighted by Gasteiger charge is 2.34. The number of rotatable bonds is 5. The Labute approximate surface area is 120 Å². The van der Waals surface area contributed by atoms with E-state index in [0.717, 1.165) is 0 Å². The van der Waals surface area contributed by atoms with Crippen LogP contribution in [0.15, 0.2) is 24.3 Å². The third-order valence-electron chi connectivity index (χ3n) is 3.02. The first-order valence-corrected chi connectivity index (χ1v) is 6.29. The molecule has 0 saturated carbocycles. The maximum Gasteiger partial charge on any atom is 0.322 e. The molecule has 1 aromatic carbocycles. The Bertz CT molecular complexity index is 539. The average Bonchev–Trinajstić information content (AvgIpc) is 2.87. The van der Waals surface area contributed by atoms with Gasteiger partial charge in [0.05, 0.1) is 20.2 Å². The van der Waals surface area contributed by atoms with Crippen molar-refractivity contribution < 1.29 is 23.1 Å². The number of carbonyl (C=O) groups is 2. The molecule has 21 heavy (non-hydrogen) atoms. The van der Waals surface area contributed by atoms with Crippen molar-refractivity contribution in [1.29, 1.82) is 0 Å². The minimum atomic E-state index is -2.62. The Balaban J connectivity index is 2.03. The standard InChI is InChI=1S/C13H15F2N3O3/c1-21-9-4-2-3-8(5-9)18-7-10(17-13(18)20)12(19)16-6-11(14)15/h2-5,10-11H,6-7H2,1H3,(H,16,19)(H,17,20). The van der Waals surface area contributed by atoms with Crippen molar-refractivity contribution in [3.05, 3.63) is 24.3 Å². The van der Waals surface area contributed by atoms with Crippen molar-refractivity contribution in [2.24, 2.45) is 0 Å². The molecule has 1 aliphatic heterocycles. The number of carbonyl (C=O) groups excluding carboxylic acids is 2. The molecule has 0 bridgehead atoms. The number of nitrogens with one attached hydrogen (secondary N) is 2. The zero-order chi connectivity index (χ0) is 15.4. The molecule has 6 nitrogen and oxygen atoms in total. The van der Waals surface area contributed by atoms with Gasteiger partial charge in [-0.2, -0.15) is 0 Å². The average molecular weight is 299 g/mol. The molecule has 1 unspecified atom stereocenters. The molecule has 2 rings (SSSR count). The monoisotopic (exact) mass is 299 g/mol. The molecule has 1 aromatic rings. The maximum atomic E-state index is 12.1. The summed E-state index contributed by atoms with van der Waals surface area (Å²) in [6.07, 6.45) is -2.62. The molecule has 0 aromatic heterocycles. The molecule has 1 heterocycles. The van der Waals surface area contributed by atoms with Gasteiger partial charge < -0.3 is 15.4 Å². The molecule has 8 heteroatoms. The molecule has 1 aliphatic rings. The lowest BCUT2D eigenvalue weighted by molar-refractivity contribution is -0.123. The number of hydrogen-bond donors (Lipinski definition) is 2. The summed E-state index contributed by atoms with van der Waals surface area (Å²) in [7, 11) is 1.50. The number of anilines is 1. The second kappa shape index (κ2) is 6.38. The number of ether oxygens (including phenoxy) is 1. The van der Waals surface area contributed by atoms with Gasteiger partial charge in [0.1, 0.15) is 11.8 Å². The molecule has 0 spiro atoms. The Morgan fingerprint density at radius 3 is 3.00 bits per heavy atom. The molecule has 0 aliphatic carbocycles. The summed E-state index contributed by atoms with van der Waals surface area (Å²) < 4.78 is 29.2. The van der Waals surface area contributed by atoms with E-state index in [0.29, 0.717) is 11.4 Å². The lowest BCUT2D eigenvalue weighted by Crippen LogP contribution is -2.44. The summed E-state index contributed by atoms with van der Waals surface area (Å²) in [4.78, 5) is 24.9. The van der Waals surface area contributed by atoms with E-state index in [1.165, 1.54) is 12.0 Å². The Morgan fingerprint density at radius 1 is 1.57 bits per heavy atom. The van der Waals surface area contributed by atoms with Crippen LogP contribution in [0.4, 0.5) is 19.3 Å². The SMILES string of the molecule is COc1cccc(N2CC(C(=O)NCC(F)F)NC2=O)c1. The number of methoxy groups -OCH3 is 1. The van der Waals surface area contributed by atoms with Gasteiger partial charge >= 0.3 is 6.03 Å². The fraction of sp³-hybridized carbons (Fsp3) is 0.385. The quantitative estimate of drug-likeness (QED) is 0.851. The van der Waals surface area contributed by atoms with Crippen molar-refractivity contribution >= 4 is 17.6 Å². The maximum absolute atomic E-state index is 12.1. The molecular weight excluding hydrogens is 284 g/mol. The fourth-order valence-corrected chi connectivity index (χ4v) is 1.99. The van der Waals surface area contributed by atoms with Crippen LogP contribution < -0.4 is 20.3 Å². The largest absolute Gasteiger partial charge is 0.497 e. The Hall–Kier alpha value is -2.38. The minimum Gasteiger partial charge on any atom is -0.497 e.